The third-order valence-electron chi connectivity index (χ3n) is 4.25. The lowest BCUT2D eigenvalue weighted by atomic mass is 9.93. The van der Waals surface area contributed by atoms with Crippen molar-refractivity contribution in [2.75, 3.05) is 26.2 Å². The molecule has 0 aromatic heterocycles. The first-order valence-corrected chi connectivity index (χ1v) is 9.02. The van der Waals surface area contributed by atoms with Crippen LogP contribution in [-0.4, -0.2) is 36.7 Å². The highest BCUT2D eigenvalue weighted by Crippen LogP contribution is 2.28. The van der Waals surface area contributed by atoms with Crippen LogP contribution >= 0.6 is 0 Å². The van der Waals surface area contributed by atoms with Crippen molar-refractivity contribution >= 4 is 0 Å². The summed E-state index contributed by atoms with van der Waals surface area (Å²) in [5.41, 5.74) is -0.118. The molecule has 0 aromatic carbocycles. The fourth-order valence-corrected chi connectivity index (χ4v) is 2.72. The lowest BCUT2D eigenvalue weighted by Crippen LogP contribution is -2.45. The van der Waals surface area contributed by atoms with E-state index in [1.54, 1.807) is 12.2 Å². The first-order valence-electron chi connectivity index (χ1n) is 9.02. The fourth-order valence-electron chi connectivity index (χ4n) is 2.72. The maximum absolute atomic E-state index is 6.23. The molecule has 1 aliphatic heterocycles. The Hall–Kier alpha value is -2.00. The molecule has 3 heteroatoms. The molecule has 25 heavy (non-hydrogen) atoms. The van der Waals surface area contributed by atoms with E-state index in [-0.39, 0.29) is 5.60 Å². The highest BCUT2D eigenvalue weighted by molar-refractivity contribution is 5.18. The van der Waals surface area contributed by atoms with Crippen LogP contribution in [0, 0.1) is 0 Å². The highest BCUT2D eigenvalue weighted by atomic mass is 16.5. The molecule has 3 nitrogen and oxygen atoms in total. The zero-order chi connectivity index (χ0) is 18.5. The first-order chi connectivity index (χ1) is 12.1. The SMILES string of the molecule is C=C/C=C\C(=C/C)OCCN1CCC(C)(OC(/C=C\C)=C/C=C)CC1. The van der Waals surface area contributed by atoms with Crippen molar-refractivity contribution in [3.05, 3.63) is 73.3 Å². The number of rotatable bonds is 10. The Morgan fingerprint density at radius 2 is 1.80 bits per heavy atom. The lowest BCUT2D eigenvalue weighted by molar-refractivity contribution is -0.0314. The molecule has 0 saturated carbocycles. The largest absolute Gasteiger partial charge is 0.493 e. The number of hydrogen-bond acceptors (Lipinski definition) is 3. The second-order valence-electron chi connectivity index (χ2n) is 6.33. The number of likely N-dealkylation sites (tertiary alicyclic amines) is 1. The van der Waals surface area contributed by atoms with Gasteiger partial charge in [-0.05, 0) is 57.9 Å². The minimum atomic E-state index is -0.118. The lowest BCUT2D eigenvalue weighted by Gasteiger charge is -2.39. The van der Waals surface area contributed by atoms with Crippen molar-refractivity contribution in [1.29, 1.82) is 0 Å². The zero-order valence-electron chi connectivity index (χ0n) is 16.0. The van der Waals surface area contributed by atoms with Gasteiger partial charge in [0.1, 0.15) is 23.7 Å². The highest BCUT2D eigenvalue weighted by Gasteiger charge is 2.32. The molecule has 1 rings (SSSR count). The van der Waals surface area contributed by atoms with E-state index in [0.29, 0.717) is 6.61 Å². The quantitative estimate of drug-likeness (QED) is 0.404. The molecule has 1 fully saturated rings. The number of allylic oxidation sites excluding steroid dienone is 8. The summed E-state index contributed by atoms with van der Waals surface area (Å²) in [5, 5.41) is 0. The Labute approximate surface area is 153 Å². The molecular weight excluding hydrogens is 310 g/mol. The van der Waals surface area contributed by atoms with Gasteiger partial charge in [0.2, 0.25) is 0 Å². The van der Waals surface area contributed by atoms with Crippen LogP contribution in [0.5, 0.6) is 0 Å². The van der Waals surface area contributed by atoms with E-state index >= 15 is 0 Å². The molecule has 1 aliphatic rings. The molecular formula is C22H33NO2. The monoisotopic (exact) mass is 343 g/mol. The Bertz CT molecular complexity index is 532. The minimum absolute atomic E-state index is 0.118. The molecule has 0 unspecified atom stereocenters. The Morgan fingerprint density at radius 1 is 1.08 bits per heavy atom. The molecule has 0 aliphatic carbocycles. The molecule has 0 radical (unpaired) electrons. The van der Waals surface area contributed by atoms with Gasteiger partial charge in [0, 0.05) is 19.6 Å². The van der Waals surface area contributed by atoms with Gasteiger partial charge in [-0.1, -0.05) is 37.5 Å². The summed E-state index contributed by atoms with van der Waals surface area (Å²) < 4.78 is 12.0. The second kappa shape index (κ2) is 11.5. The summed E-state index contributed by atoms with van der Waals surface area (Å²) in [5.74, 6) is 1.76. The van der Waals surface area contributed by atoms with Crippen LogP contribution in [-0.2, 0) is 9.47 Å². The Balaban J connectivity index is 2.42. The van der Waals surface area contributed by atoms with E-state index in [1.165, 1.54) is 0 Å². The average Bonchev–Trinajstić information content (AvgIpc) is 2.60. The third-order valence-corrected chi connectivity index (χ3v) is 4.25. The molecule has 138 valence electrons. The minimum Gasteiger partial charge on any atom is -0.493 e. The number of piperidine rings is 1. The first kappa shape index (κ1) is 21.0. The molecule has 1 heterocycles. The van der Waals surface area contributed by atoms with Crippen molar-refractivity contribution in [2.24, 2.45) is 0 Å². The van der Waals surface area contributed by atoms with Gasteiger partial charge in [-0.15, -0.1) is 0 Å². The summed E-state index contributed by atoms with van der Waals surface area (Å²) >= 11 is 0. The van der Waals surface area contributed by atoms with Crippen LogP contribution < -0.4 is 0 Å². The summed E-state index contributed by atoms with van der Waals surface area (Å²) in [4.78, 5) is 2.43. The van der Waals surface area contributed by atoms with Gasteiger partial charge in [0.15, 0.2) is 0 Å². The van der Waals surface area contributed by atoms with E-state index in [2.05, 4.69) is 25.0 Å². The van der Waals surface area contributed by atoms with E-state index in [1.807, 2.05) is 50.3 Å². The van der Waals surface area contributed by atoms with Gasteiger partial charge >= 0.3 is 0 Å². The predicted octanol–water partition coefficient (Wildman–Crippen LogP) is 5.17. The topological polar surface area (TPSA) is 21.7 Å². The average molecular weight is 344 g/mol. The number of hydrogen-bond donors (Lipinski definition) is 0. The van der Waals surface area contributed by atoms with Crippen molar-refractivity contribution in [3.8, 4) is 0 Å². The number of ether oxygens (including phenoxy) is 2. The summed E-state index contributed by atoms with van der Waals surface area (Å²) in [6, 6.07) is 0. The summed E-state index contributed by atoms with van der Waals surface area (Å²) in [7, 11) is 0. The standard InChI is InChI=1S/C22H33NO2/c1-6-10-13-20(9-4)24-19-18-23-16-14-22(5,15-17-23)25-21(11-7-2)12-8-3/h6-13H,1-2,14-19H2,3-5H3/b12-8-,13-10-,20-9+,21-11+. The Morgan fingerprint density at radius 3 is 2.36 bits per heavy atom. The fraction of sp³-hybridized carbons (Fsp3) is 0.455. The molecule has 0 spiro atoms. The van der Waals surface area contributed by atoms with Gasteiger partial charge < -0.3 is 9.47 Å². The molecule has 0 bridgehead atoms. The summed E-state index contributed by atoms with van der Waals surface area (Å²) in [6.07, 6.45) is 17.2. The molecule has 1 saturated heterocycles. The van der Waals surface area contributed by atoms with Crippen LogP contribution in [0.15, 0.2) is 73.3 Å². The van der Waals surface area contributed by atoms with Gasteiger partial charge in [-0.2, -0.15) is 0 Å². The van der Waals surface area contributed by atoms with Gasteiger partial charge in [-0.3, -0.25) is 4.90 Å². The van der Waals surface area contributed by atoms with Crippen molar-refractivity contribution in [2.45, 2.75) is 39.2 Å². The van der Waals surface area contributed by atoms with E-state index in [4.69, 9.17) is 9.47 Å². The van der Waals surface area contributed by atoms with Crippen LogP contribution in [0.1, 0.15) is 33.6 Å². The molecule has 0 amide bonds. The third kappa shape index (κ3) is 8.08. The van der Waals surface area contributed by atoms with Crippen LogP contribution in [0.2, 0.25) is 0 Å². The van der Waals surface area contributed by atoms with E-state index in [9.17, 15) is 0 Å². The van der Waals surface area contributed by atoms with Crippen LogP contribution in [0.25, 0.3) is 0 Å². The van der Waals surface area contributed by atoms with Crippen molar-refractivity contribution < 1.29 is 9.47 Å². The predicted molar refractivity (Wildman–Crippen MR) is 107 cm³/mol. The van der Waals surface area contributed by atoms with Crippen LogP contribution in [0.4, 0.5) is 0 Å². The summed E-state index contributed by atoms with van der Waals surface area (Å²) in [6.45, 7) is 17.3. The Kier molecular flexibility index (Phi) is 9.71. The maximum Gasteiger partial charge on any atom is 0.119 e. The molecule has 0 atom stereocenters. The van der Waals surface area contributed by atoms with E-state index < -0.39 is 0 Å². The van der Waals surface area contributed by atoms with Gasteiger partial charge in [0.25, 0.3) is 0 Å². The zero-order valence-corrected chi connectivity index (χ0v) is 16.0. The van der Waals surface area contributed by atoms with Crippen molar-refractivity contribution in [3.63, 3.8) is 0 Å². The van der Waals surface area contributed by atoms with Crippen LogP contribution in [0.3, 0.4) is 0 Å². The molecule has 0 aromatic rings. The van der Waals surface area contributed by atoms with E-state index in [0.717, 1.165) is 44.0 Å². The van der Waals surface area contributed by atoms with Gasteiger partial charge in [-0.25, -0.2) is 0 Å². The maximum atomic E-state index is 6.23. The van der Waals surface area contributed by atoms with Crippen molar-refractivity contribution in [1.82, 2.24) is 4.90 Å². The number of nitrogens with zero attached hydrogens (tertiary/aromatic N) is 1. The van der Waals surface area contributed by atoms with Gasteiger partial charge in [0.05, 0.1) is 0 Å². The smallest absolute Gasteiger partial charge is 0.119 e. The molecule has 0 N–H and O–H groups in total. The normalized spacial score (nSPS) is 19.3. The second-order valence-corrected chi connectivity index (χ2v) is 6.33.